The zero-order valence-corrected chi connectivity index (χ0v) is 18.1. The van der Waals surface area contributed by atoms with E-state index >= 15 is 4.39 Å². The lowest BCUT2D eigenvalue weighted by Crippen LogP contribution is -2.40. The highest BCUT2D eigenvalue weighted by Crippen LogP contribution is 2.45. The lowest BCUT2D eigenvalue weighted by atomic mass is 9.90. The van der Waals surface area contributed by atoms with Crippen LogP contribution in [0.15, 0.2) is 36.7 Å². The molecule has 1 N–H and O–H groups in total. The van der Waals surface area contributed by atoms with Crippen molar-refractivity contribution in [3.63, 3.8) is 0 Å². The van der Waals surface area contributed by atoms with Crippen LogP contribution in [0.1, 0.15) is 19.4 Å². The first-order chi connectivity index (χ1) is 14.5. The van der Waals surface area contributed by atoms with E-state index in [4.69, 9.17) is 0 Å². The van der Waals surface area contributed by atoms with Crippen LogP contribution >= 0.6 is 0 Å². The zero-order valence-electron chi connectivity index (χ0n) is 17.2. The SMILES string of the molecule is Cc1c(-c2cc(F)cc3c2cnn3S(C)(=O)=O)cc(F)c2c1-c1ccnn1C(C)(C)N2. The Labute approximate surface area is 177 Å². The van der Waals surface area contributed by atoms with Gasteiger partial charge in [-0.2, -0.15) is 14.3 Å². The molecule has 0 fully saturated rings. The van der Waals surface area contributed by atoms with Gasteiger partial charge >= 0.3 is 0 Å². The van der Waals surface area contributed by atoms with Crippen LogP contribution in [0, 0.1) is 18.6 Å². The summed E-state index contributed by atoms with van der Waals surface area (Å²) in [6, 6.07) is 5.52. The van der Waals surface area contributed by atoms with Crippen LogP contribution in [0.25, 0.3) is 33.3 Å². The zero-order chi connectivity index (χ0) is 22.3. The Morgan fingerprint density at radius 3 is 2.55 bits per heavy atom. The fraction of sp³-hybridized carbons (Fsp3) is 0.238. The van der Waals surface area contributed by atoms with Gasteiger partial charge in [-0.1, -0.05) is 0 Å². The molecule has 10 heteroatoms. The van der Waals surface area contributed by atoms with Gasteiger partial charge in [0.15, 0.2) is 0 Å². The van der Waals surface area contributed by atoms with Gasteiger partial charge in [0.1, 0.15) is 17.3 Å². The number of hydrogen-bond donors (Lipinski definition) is 1. The van der Waals surface area contributed by atoms with Gasteiger partial charge in [0.25, 0.3) is 10.0 Å². The molecule has 0 saturated heterocycles. The third-order valence-electron chi connectivity index (χ3n) is 5.62. The Bertz CT molecular complexity index is 1500. The fourth-order valence-corrected chi connectivity index (χ4v) is 5.05. The molecule has 0 atom stereocenters. The second kappa shape index (κ2) is 6.13. The summed E-state index contributed by atoms with van der Waals surface area (Å²) in [5, 5.41) is 11.9. The molecule has 0 radical (unpaired) electrons. The number of rotatable bonds is 2. The van der Waals surface area contributed by atoms with E-state index in [1.807, 2.05) is 20.8 Å². The van der Waals surface area contributed by atoms with Crippen LogP contribution in [0.4, 0.5) is 14.5 Å². The number of anilines is 1. The van der Waals surface area contributed by atoms with Crippen molar-refractivity contribution >= 4 is 26.6 Å². The van der Waals surface area contributed by atoms with E-state index in [-0.39, 0.29) is 5.52 Å². The Morgan fingerprint density at radius 1 is 1.10 bits per heavy atom. The van der Waals surface area contributed by atoms with Gasteiger partial charge in [-0.25, -0.2) is 21.9 Å². The Morgan fingerprint density at radius 2 is 1.84 bits per heavy atom. The van der Waals surface area contributed by atoms with Crippen molar-refractivity contribution in [3.05, 3.63) is 53.9 Å². The van der Waals surface area contributed by atoms with Crippen LogP contribution in [-0.4, -0.2) is 33.6 Å². The molecule has 0 spiro atoms. The highest BCUT2D eigenvalue weighted by atomic mass is 32.2. The van der Waals surface area contributed by atoms with Crippen LogP contribution in [-0.2, 0) is 15.7 Å². The monoisotopic (exact) mass is 443 g/mol. The molecule has 5 rings (SSSR count). The maximum absolute atomic E-state index is 15.3. The van der Waals surface area contributed by atoms with Crippen molar-refractivity contribution in [2.24, 2.45) is 0 Å². The average molecular weight is 443 g/mol. The lowest BCUT2D eigenvalue weighted by Gasteiger charge is -2.36. The normalized spacial score (nSPS) is 14.9. The number of nitrogens with zero attached hydrogens (tertiary/aromatic N) is 4. The summed E-state index contributed by atoms with van der Waals surface area (Å²) in [7, 11) is -3.74. The molecule has 4 aromatic rings. The van der Waals surface area contributed by atoms with E-state index in [0.29, 0.717) is 33.3 Å². The molecular formula is C21H19F2N5O2S. The number of nitrogens with one attached hydrogen (secondary N) is 1. The van der Waals surface area contributed by atoms with Gasteiger partial charge in [0, 0.05) is 23.2 Å². The van der Waals surface area contributed by atoms with E-state index in [2.05, 4.69) is 15.5 Å². The summed E-state index contributed by atoms with van der Waals surface area (Å²) >= 11 is 0. The second-order valence-corrected chi connectivity index (χ2v) is 10.0. The molecule has 160 valence electrons. The first-order valence-electron chi connectivity index (χ1n) is 9.53. The van der Waals surface area contributed by atoms with E-state index < -0.39 is 27.3 Å². The molecule has 2 aromatic heterocycles. The van der Waals surface area contributed by atoms with E-state index in [1.54, 1.807) is 16.9 Å². The van der Waals surface area contributed by atoms with Crippen molar-refractivity contribution in [3.8, 4) is 22.4 Å². The second-order valence-electron chi connectivity index (χ2n) is 8.23. The smallest absolute Gasteiger partial charge is 0.251 e. The van der Waals surface area contributed by atoms with Crippen molar-refractivity contribution in [1.82, 2.24) is 19.0 Å². The van der Waals surface area contributed by atoms with Gasteiger partial charge in [0.2, 0.25) is 0 Å². The Kier molecular flexibility index (Phi) is 3.89. The molecule has 0 unspecified atom stereocenters. The van der Waals surface area contributed by atoms with Gasteiger partial charge in [-0.15, -0.1) is 0 Å². The van der Waals surface area contributed by atoms with Crippen molar-refractivity contribution in [1.29, 1.82) is 0 Å². The maximum atomic E-state index is 15.3. The number of benzene rings is 2. The third-order valence-corrected chi connectivity index (χ3v) is 6.54. The summed E-state index contributed by atoms with van der Waals surface area (Å²) in [5.41, 5.74) is 2.68. The van der Waals surface area contributed by atoms with Crippen LogP contribution in [0.2, 0.25) is 0 Å². The maximum Gasteiger partial charge on any atom is 0.251 e. The van der Waals surface area contributed by atoms with Crippen LogP contribution in [0.5, 0.6) is 0 Å². The van der Waals surface area contributed by atoms with Crippen molar-refractivity contribution in [2.45, 2.75) is 26.4 Å². The number of aromatic nitrogens is 4. The molecule has 7 nitrogen and oxygen atoms in total. The molecular weight excluding hydrogens is 424 g/mol. The summed E-state index contributed by atoms with van der Waals surface area (Å²) in [6.45, 7) is 5.61. The van der Waals surface area contributed by atoms with Crippen molar-refractivity contribution in [2.75, 3.05) is 11.6 Å². The topological polar surface area (TPSA) is 81.8 Å². The molecule has 31 heavy (non-hydrogen) atoms. The predicted molar refractivity (Wildman–Crippen MR) is 114 cm³/mol. The van der Waals surface area contributed by atoms with Gasteiger partial charge in [-0.3, -0.25) is 0 Å². The summed E-state index contributed by atoms with van der Waals surface area (Å²) < 4.78 is 56.5. The summed E-state index contributed by atoms with van der Waals surface area (Å²) in [4.78, 5) is 0. The molecule has 1 aliphatic heterocycles. The first kappa shape index (κ1) is 19.7. The fourth-order valence-electron chi connectivity index (χ4n) is 4.32. The number of hydrogen-bond acceptors (Lipinski definition) is 5. The molecule has 0 aliphatic carbocycles. The largest absolute Gasteiger partial charge is 0.359 e. The minimum absolute atomic E-state index is 0.0966. The number of fused-ring (bicyclic) bond motifs is 4. The van der Waals surface area contributed by atoms with Crippen LogP contribution in [0.3, 0.4) is 0 Å². The predicted octanol–water partition coefficient (Wildman–Crippen LogP) is 4.08. The van der Waals surface area contributed by atoms with Gasteiger partial charge in [-0.05, 0) is 55.7 Å². The van der Waals surface area contributed by atoms with E-state index in [1.165, 1.54) is 18.3 Å². The Hall–Kier alpha value is -3.27. The van der Waals surface area contributed by atoms with Gasteiger partial charge < -0.3 is 5.32 Å². The molecule has 3 heterocycles. The molecule has 0 amide bonds. The summed E-state index contributed by atoms with van der Waals surface area (Å²) in [5.74, 6) is -1.14. The highest BCUT2D eigenvalue weighted by molar-refractivity contribution is 7.89. The minimum Gasteiger partial charge on any atom is -0.359 e. The molecule has 1 aliphatic rings. The lowest BCUT2D eigenvalue weighted by molar-refractivity contribution is 0.366. The Balaban J connectivity index is 1.84. The van der Waals surface area contributed by atoms with Gasteiger partial charge in [0.05, 0.1) is 29.4 Å². The van der Waals surface area contributed by atoms with Crippen molar-refractivity contribution < 1.29 is 17.2 Å². The van der Waals surface area contributed by atoms with E-state index in [9.17, 15) is 12.8 Å². The average Bonchev–Trinajstić information content (AvgIpc) is 3.30. The standard InChI is InChI=1S/C21H19F2N5O2S/c1-11-13(14-7-12(22)8-18-15(14)10-25-28(18)31(4,29)30)9-16(23)20-19(11)17-5-6-24-27(17)21(2,3)26-20/h5-10,26H,1-4H3. The van der Waals surface area contributed by atoms with E-state index in [0.717, 1.165) is 22.1 Å². The summed E-state index contributed by atoms with van der Waals surface area (Å²) in [6.07, 6.45) is 3.99. The van der Waals surface area contributed by atoms with Crippen LogP contribution < -0.4 is 5.32 Å². The quantitative estimate of drug-likeness (QED) is 0.505. The molecule has 0 saturated carbocycles. The molecule has 0 bridgehead atoms. The first-order valence-corrected chi connectivity index (χ1v) is 11.4. The highest BCUT2D eigenvalue weighted by Gasteiger charge is 2.34. The number of halogens is 2. The minimum atomic E-state index is -3.74. The molecule has 2 aromatic carbocycles. The third kappa shape index (κ3) is 2.78.